The van der Waals surface area contributed by atoms with E-state index in [0.717, 1.165) is 16.6 Å². The molecule has 0 spiro atoms. The highest BCUT2D eigenvalue weighted by Gasteiger charge is 2.40. The van der Waals surface area contributed by atoms with E-state index < -0.39 is 23.3 Å². The van der Waals surface area contributed by atoms with Crippen LogP contribution in [0.5, 0.6) is 5.75 Å². The third-order valence-electron chi connectivity index (χ3n) is 7.19. The molecule has 0 aliphatic carbocycles. The van der Waals surface area contributed by atoms with Crippen molar-refractivity contribution in [3.63, 3.8) is 0 Å². The first-order chi connectivity index (χ1) is 17.1. The van der Waals surface area contributed by atoms with Gasteiger partial charge < -0.3 is 9.30 Å². The van der Waals surface area contributed by atoms with Gasteiger partial charge >= 0.3 is 0 Å². The third kappa shape index (κ3) is 4.85. The molecule has 36 heavy (non-hydrogen) atoms. The molecular formula is C28H33F4N3O. The summed E-state index contributed by atoms with van der Waals surface area (Å²) in [4.78, 5) is 3.91. The largest absolute Gasteiger partial charge is 0.488 e. The molecule has 0 bridgehead atoms. The fraction of sp³-hybridized carbons (Fsp3) is 0.500. The SMILES string of the molecule is CC1Cn2c(cc3ccccc32)[C@@H](c2c(F)cc(OC3CN(CCCF)C3)cc2F)N1CC(C)(C)F. The Labute approximate surface area is 209 Å². The Morgan fingerprint density at radius 3 is 2.39 bits per heavy atom. The van der Waals surface area contributed by atoms with Crippen LogP contribution in [0.4, 0.5) is 17.6 Å². The van der Waals surface area contributed by atoms with E-state index in [9.17, 15) is 8.78 Å². The lowest BCUT2D eigenvalue weighted by Gasteiger charge is -2.44. The zero-order chi connectivity index (χ0) is 25.6. The molecule has 5 rings (SSSR count). The minimum Gasteiger partial charge on any atom is -0.488 e. The van der Waals surface area contributed by atoms with Gasteiger partial charge in [-0.25, -0.2) is 13.2 Å². The second kappa shape index (κ2) is 9.71. The van der Waals surface area contributed by atoms with Crippen LogP contribution in [0.15, 0.2) is 42.5 Å². The van der Waals surface area contributed by atoms with Crippen molar-refractivity contribution in [2.24, 2.45) is 0 Å². The Bertz CT molecular complexity index is 1210. The number of halogens is 4. The number of benzene rings is 2. The molecule has 0 radical (unpaired) electrons. The second-order valence-corrected chi connectivity index (χ2v) is 10.7. The van der Waals surface area contributed by atoms with E-state index in [0.29, 0.717) is 32.6 Å². The van der Waals surface area contributed by atoms with Gasteiger partial charge in [0.05, 0.1) is 12.7 Å². The highest BCUT2D eigenvalue weighted by atomic mass is 19.1. The van der Waals surface area contributed by atoms with Crippen molar-refractivity contribution >= 4 is 10.9 Å². The first-order valence-corrected chi connectivity index (χ1v) is 12.6. The molecule has 3 aromatic rings. The van der Waals surface area contributed by atoms with E-state index in [1.165, 1.54) is 26.0 Å². The van der Waals surface area contributed by atoms with Crippen molar-refractivity contribution in [3.8, 4) is 5.75 Å². The molecule has 2 aliphatic rings. The number of hydrogen-bond acceptors (Lipinski definition) is 3. The zero-order valence-electron chi connectivity index (χ0n) is 21.0. The summed E-state index contributed by atoms with van der Waals surface area (Å²) in [6, 6.07) is 11.3. The molecule has 1 aromatic heterocycles. The van der Waals surface area contributed by atoms with Crippen LogP contribution in [-0.4, -0.2) is 65.0 Å². The normalized spacial score (nSPS) is 21.5. The van der Waals surface area contributed by atoms with E-state index in [4.69, 9.17) is 4.74 Å². The average molecular weight is 504 g/mol. The number of hydrogen-bond donors (Lipinski definition) is 0. The summed E-state index contributed by atoms with van der Waals surface area (Å²) in [6.07, 6.45) is 0.281. The first-order valence-electron chi connectivity index (χ1n) is 12.6. The van der Waals surface area contributed by atoms with Crippen LogP contribution in [0, 0.1) is 11.6 Å². The van der Waals surface area contributed by atoms with Crippen molar-refractivity contribution < 1.29 is 22.3 Å². The number of para-hydroxylation sites is 1. The van der Waals surface area contributed by atoms with E-state index in [1.54, 1.807) is 0 Å². The van der Waals surface area contributed by atoms with Gasteiger partial charge in [-0.1, -0.05) is 18.2 Å². The van der Waals surface area contributed by atoms with Gasteiger partial charge in [-0.15, -0.1) is 0 Å². The quantitative estimate of drug-likeness (QED) is 0.358. The summed E-state index contributed by atoms with van der Waals surface area (Å²) in [5.74, 6) is -1.29. The standard InChI is InChI=1S/C28H33F4N3O/c1-18-14-34-24-8-5-4-7-19(24)11-25(34)27(35(18)17-28(2,3)32)26-22(30)12-20(13-23(26)31)36-21-15-33(16-21)10-6-9-29/h4-5,7-8,11-13,18,21,27H,6,9-10,14-17H2,1-3H3/t18?,27-/m0/s1. The Balaban J connectivity index is 1.50. The smallest absolute Gasteiger partial charge is 0.135 e. The summed E-state index contributed by atoms with van der Waals surface area (Å²) >= 11 is 0. The van der Waals surface area contributed by atoms with Crippen LogP contribution in [0.3, 0.4) is 0 Å². The fourth-order valence-electron chi connectivity index (χ4n) is 5.60. The second-order valence-electron chi connectivity index (χ2n) is 10.7. The molecule has 1 saturated heterocycles. The van der Waals surface area contributed by atoms with Crippen molar-refractivity contribution in [3.05, 3.63) is 65.4 Å². The van der Waals surface area contributed by atoms with E-state index >= 15 is 8.78 Å². The molecule has 0 N–H and O–H groups in total. The van der Waals surface area contributed by atoms with Gasteiger partial charge in [0.2, 0.25) is 0 Å². The predicted octanol–water partition coefficient (Wildman–Crippen LogP) is 5.88. The van der Waals surface area contributed by atoms with Gasteiger partial charge in [-0.3, -0.25) is 14.2 Å². The topological polar surface area (TPSA) is 20.6 Å². The Kier molecular flexibility index (Phi) is 6.76. The minimum absolute atomic E-state index is 0.0360. The number of ether oxygens (including phenoxy) is 1. The third-order valence-corrected chi connectivity index (χ3v) is 7.19. The molecule has 8 heteroatoms. The molecule has 194 valence electrons. The highest BCUT2D eigenvalue weighted by Crippen LogP contribution is 2.42. The summed E-state index contributed by atoms with van der Waals surface area (Å²) in [6.45, 7) is 7.06. The summed E-state index contributed by atoms with van der Waals surface area (Å²) in [5.41, 5.74) is 0.0917. The van der Waals surface area contributed by atoms with Crippen LogP contribution in [0.25, 0.3) is 10.9 Å². The maximum Gasteiger partial charge on any atom is 0.135 e. The fourth-order valence-corrected chi connectivity index (χ4v) is 5.60. The molecule has 0 saturated carbocycles. The maximum atomic E-state index is 15.7. The minimum atomic E-state index is -1.55. The van der Waals surface area contributed by atoms with Crippen LogP contribution in [0.1, 0.15) is 44.5 Å². The highest BCUT2D eigenvalue weighted by molar-refractivity contribution is 5.82. The van der Waals surface area contributed by atoms with Crippen LogP contribution in [0.2, 0.25) is 0 Å². The lowest BCUT2D eigenvalue weighted by Crippen LogP contribution is -2.53. The molecule has 3 heterocycles. The van der Waals surface area contributed by atoms with Crippen molar-refractivity contribution in [1.29, 1.82) is 0 Å². The molecule has 4 nitrogen and oxygen atoms in total. The number of likely N-dealkylation sites (tertiary alicyclic amines) is 1. The zero-order valence-corrected chi connectivity index (χ0v) is 21.0. The first kappa shape index (κ1) is 25.1. The lowest BCUT2D eigenvalue weighted by molar-refractivity contribution is 0.0179. The Hall–Kier alpha value is -2.58. The summed E-state index contributed by atoms with van der Waals surface area (Å²) < 4.78 is 66.6. The van der Waals surface area contributed by atoms with E-state index in [2.05, 4.69) is 4.57 Å². The predicted molar refractivity (Wildman–Crippen MR) is 133 cm³/mol. The molecular weight excluding hydrogens is 470 g/mol. The van der Waals surface area contributed by atoms with Gasteiger partial charge in [0.15, 0.2) is 0 Å². The van der Waals surface area contributed by atoms with E-state index in [-0.39, 0.29) is 36.7 Å². The molecule has 1 unspecified atom stereocenters. The number of fused-ring (bicyclic) bond motifs is 3. The van der Waals surface area contributed by atoms with Crippen LogP contribution < -0.4 is 4.74 Å². The molecule has 1 fully saturated rings. The number of nitrogens with zero attached hydrogens (tertiary/aromatic N) is 3. The van der Waals surface area contributed by atoms with Crippen molar-refractivity contribution in [2.75, 3.05) is 32.9 Å². The van der Waals surface area contributed by atoms with Crippen molar-refractivity contribution in [2.45, 2.75) is 57.6 Å². The van der Waals surface area contributed by atoms with Crippen LogP contribution >= 0.6 is 0 Å². The molecule has 2 atom stereocenters. The van der Waals surface area contributed by atoms with Crippen molar-refractivity contribution in [1.82, 2.24) is 14.4 Å². The summed E-state index contributed by atoms with van der Waals surface area (Å²) in [7, 11) is 0. The number of rotatable bonds is 8. The van der Waals surface area contributed by atoms with Crippen LogP contribution in [-0.2, 0) is 6.54 Å². The van der Waals surface area contributed by atoms with Gasteiger partial charge in [0.1, 0.15) is 29.2 Å². The number of aromatic nitrogens is 1. The summed E-state index contributed by atoms with van der Waals surface area (Å²) in [5, 5.41) is 0.981. The molecule has 2 aliphatic heterocycles. The monoisotopic (exact) mass is 503 g/mol. The lowest BCUT2D eigenvalue weighted by atomic mass is 9.94. The molecule has 2 aromatic carbocycles. The Morgan fingerprint density at radius 2 is 1.72 bits per heavy atom. The van der Waals surface area contributed by atoms with Gasteiger partial charge in [-0.05, 0) is 44.7 Å². The van der Waals surface area contributed by atoms with Gasteiger partial charge in [-0.2, -0.15) is 0 Å². The maximum absolute atomic E-state index is 15.7. The Morgan fingerprint density at radius 1 is 1.03 bits per heavy atom. The average Bonchev–Trinajstić information content (AvgIpc) is 3.14. The van der Waals surface area contributed by atoms with Gasteiger partial charge in [0.25, 0.3) is 0 Å². The molecule has 0 amide bonds. The van der Waals surface area contributed by atoms with E-state index in [1.807, 2.05) is 47.1 Å². The number of alkyl halides is 2. The van der Waals surface area contributed by atoms with Gasteiger partial charge in [0, 0.05) is 67.7 Å².